The first-order chi connectivity index (χ1) is 21.2. The third kappa shape index (κ3) is 6.16. The molecule has 10 heteroatoms. The molecule has 2 aromatic carbocycles. The topological polar surface area (TPSA) is 113 Å². The fraction of sp³-hybridized carbons (Fsp3) is 0.235. The Kier molecular flexibility index (Phi) is 9.01. The van der Waals surface area contributed by atoms with Crippen molar-refractivity contribution in [2.45, 2.75) is 33.8 Å². The number of fused-ring (bicyclic) bond motifs is 1. The summed E-state index contributed by atoms with van der Waals surface area (Å²) in [6, 6.07) is 14.7. The van der Waals surface area contributed by atoms with Crippen molar-refractivity contribution in [2.75, 3.05) is 20.8 Å². The molecule has 0 radical (unpaired) electrons. The Morgan fingerprint density at radius 2 is 1.75 bits per heavy atom. The van der Waals surface area contributed by atoms with E-state index in [9.17, 15) is 14.0 Å². The number of H-pyrrole nitrogens is 1. The Morgan fingerprint density at radius 1 is 0.977 bits per heavy atom. The number of ketones is 1. The third-order valence-electron chi connectivity index (χ3n) is 7.19. The molecule has 3 heterocycles. The number of Topliss-reactive ketones (excluding diaryl/α,β-unsaturated/α-hetero) is 1. The van der Waals surface area contributed by atoms with Crippen LogP contribution in [0.15, 0.2) is 65.6 Å². The van der Waals surface area contributed by atoms with Crippen molar-refractivity contribution >= 4 is 16.8 Å². The molecule has 44 heavy (non-hydrogen) atoms. The molecule has 0 unspecified atom stereocenters. The van der Waals surface area contributed by atoms with Crippen LogP contribution in [0.1, 0.15) is 39.8 Å². The smallest absolute Gasteiger partial charge is 0.257 e. The van der Waals surface area contributed by atoms with Gasteiger partial charge in [-0.25, -0.2) is 9.37 Å². The van der Waals surface area contributed by atoms with E-state index in [0.29, 0.717) is 74.4 Å². The number of hydrogen-bond donors (Lipinski definition) is 1. The van der Waals surface area contributed by atoms with Crippen LogP contribution in [-0.2, 0) is 17.8 Å². The molecule has 0 atom stereocenters. The Hall–Kier alpha value is -5.09. The first-order valence-corrected chi connectivity index (χ1v) is 14.0. The van der Waals surface area contributed by atoms with E-state index in [1.54, 1.807) is 62.5 Å². The largest absolute Gasteiger partial charge is 0.491 e. The molecule has 0 amide bonds. The zero-order chi connectivity index (χ0) is 31.4. The molecule has 0 aliphatic rings. The lowest BCUT2D eigenvalue weighted by molar-refractivity contribution is 0.0978. The molecule has 9 nitrogen and oxygen atoms in total. The fourth-order valence-electron chi connectivity index (χ4n) is 5.09. The monoisotopic (exact) mass is 597 g/mol. The molecule has 0 bridgehead atoms. The van der Waals surface area contributed by atoms with Crippen molar-refractivity contribution < 1.29 is 28.1 Å². The summed E-state index contributed by atoms with van der Waals surface area (Å²) >= 11 is 0. The van der Waals surface area contributed by atoms with Crippen LogP contribution in [0.2, 0.25) is 0 Å². The minimum absolute atomic E-state index is 0.0237. The zero-order valence-corrected chi connectivity index (χ0v) is 25.1. The summed E-state index contributed by atoms with van der Waals surface area (Å²) in [5, 5.41) is 0. The van der Waals surface area contributed by atoms with E-state index in [0.717, 1.165) is 0 Å². The minimum atomic E-state index is -0.417. The van der Waals surface area contributed by atoms with E-state index in [1.165, 1.54) is 26.4 Å². The Balaban J connectivity index is 1.43. The minimum Gasteiger partial charge on any atom is -0.491 e. The number of carbonyl (C=O) groups excluding carboxylic acids is 1. The summed E-state index contributed by atoms with van der Waals surface area (Å²) in [6.45, 7) is 5.82. The van der Waals surface area contributed by atoms with Gasteiger partial charge in [0.1, 0.15) is 17.1 Å². The molecular formula is C34H32FN3O6. The second-order valence-electron chi connectivity index (χ2n) is 10.1. The maximum atomic E-state index is 13.9. The number of pyridine rings is 3. The van der Waals surface area contributed by atoms with Gasteiger partial charge in [-0.1, -0.05) is 18.2 Å². The molecular weight excluding hydrogens is 565 g/mol. The number of nitrogens with zero attached hydrogens (tertiary/aromatic N) is 2. The van der Waals surface area contributed by atoms with Crippen molar-refractivity contribution in [1.82, 2.24) is 15.0 Å². The standard InChI is InChI=1S/C34H32FN3O6/c1-6-43-18-26-31(33(40)30(20(3)37-26)24-12-9-22(35)15-19(24)2)27(39)16-21-7-10-23(11-8-21)44-28-13-14-36-25-17-29(41-4)34(42-5)38-32(25)28/h7-15,17H,6,16,18H2,1-5H3,(H,37,40). The maximum Gasteiger partial charge on any atom is 0.257 e. The van der Waals surface area contributed by atoms with Gasteiger partial charge in [-0.05, 0) is 61.7 Å². The van der Waals surface area contributed by atoms with Crippen LogP contribution in [-0.4, -0.2) is 41.6 Å². The van der Waals surface area contributed by atoms with Gasteiger partial charge in [0.25, 0.3) is 5.88 Å². The van der Waals surface area contributed by atoms with Gasteiger partial charge in [0.05, 0.1) is 37.6 Å². The van der Waals surface area contributed by atoms with Crippen LogP contribution in [0.4, 0.5) is 4.39 Å². The van der Waals surface area contributed by atoms with Crippen LogP contribution in [0.3, 0.4) is 0 Å². The van der Waals surface area contributed by atoms with Crippen molar-refractivity contribution in [3.63, 3.8) is 0 Å². The quantitative estimate of drug-likeness (QED) is 0.172. The van der Waals surface area contributed by atoms with Gasteiger partial charge in [0.15, 0.2) is 17.3 Å². The summed E-state index contributed by atoms with van der Waals surface area (Å²) in [4.78, 5) is 39.6. The highest BCUT2D eigenvalue weighted by Gasteiger charge is 2.23. The summed E-state index contributed by atoms with van der Waals surface area (Å²) in [7, 11) is 3.03. The number of nitrogens with one attached hydrogen (secondary N) is 1. The summed E-state index contributed by atoms with van der Waals surface area (Å²) < 4.78 is 36.1. The lowest BCUT2D eigenvalue weighted by Gasteiger charge is -2.15. The van der Waals surface area contributed by atoms with E-state index in [4.69, 9.17) is 18.9 Å². The van der Waals surface area contributed by atoms with Crippen LogP contribution in [0, 0.1) is 19.7 Å². The fourth-order valence-corrected chi connectivity index (χ4v) is 5.09. The summed E-state index contributed by atoms with van der Waals surface area (Å²) in [6.07, 6.45) is 1.59. The van der Waals surface area contributed by atoms with E-state index in [1.807, 2.05) is 6.92 Å². The number of benzene rings is 2. The first kappa shape index (κ1) is 30.4. The molecule has 0 aliphatic carbocycles. The maximum absolute atomic E-state index is 13.9. The molecule has 0 saturated carbocycles. The Labute approximate surface area is 253 Å². The van der Waals surface area contributed by atoms with Gasteiger partial charge >= 0.3 is 0 Å². The van der Waals surface area contributed by atoms with Crippen molar-refractivity contribution in [1.29, 1.82) is 0 Å². The first-order valence-electron chi connectivity index (χ1n) is 14.0. The molecule has 5 rings (SSSR count). The van der Waals surface area contributed by atoms with Crippen molar-refractivity contribution in [3.05, 3.63) is 105 Å². The van der Waals surface area contributed by atoms with Crippen molar-refractivity contribution in [3.8, 4) is 34.3 Å². The predicted octanol–water partition coefficient (Wildman–Crippen LogP) is 6.51. The second kappa shape index (κ2) is 13.0. The molecule has 226 valence electrons. The highest BCUT2D eigenvalue weighted by atomic mass is 19.1. The molecule has 1 N–H and O–H groups in total. The van der Waals surface area contributed by atoms with Gasteiger partial charge in [0, 0.05) is 42.6 Å². The Morgan fingerprint density at radius 3 is 2.43 bits per heavy atom. The number of methoxy groups -OCH3 is 2. The summed E-state index contributed by atoms with van der Waals surface area (Å²) in [5.74, 6) is 0.987. The van der Waals surface area contributed by atoms with E-state index >= 15 is 0 Å². The van der Waals surface area contributed by atoms with Gasteiger partial charge in [-0.2, -0.15) is 0 Å². The number of halogens is 1. The van der Waals surface area contributed by atoms with Gasteiger partial charge < -0.3 is 23.9 Å². The number of aromatic nitrogens is 3. The van der Waals surface area contributed by atoms with E-state index in [-0.39, 0.29) is 24.4 Å². The molecule has 0 fully saturated rings. The number of hydrogen-bond acceptors (Lipinski definition) is 8. The van der Waals surface area contributed by atoms with Gasteiger partial charge in [0.2, 0.25) is 5.43 Å². The van der Waals surface area contributed by atoms with Crippen LogP contribution in [0.25, 0.3) is 22.2 Å². The SMILES string of the molecule is CCOCc1[nH]c(C)c(-c2ccc(F)cc2C)c(=O)c1C(=O)Cc1ccc(Oc2ccnc3cc(OC)c(OC)nc23)cc1. The number of carbonyl (C=O) groups is 1. The van der Waals surface area contributed by atoms with Gasteiger partial charge in [-0.15, -0.1) is 0 Å². The Bertz CT molecular complexity index is 1900. The normalized spacial score (nSPS) is 11.0. The highest BCUT2D eigenvalue weighted by Crippen LogP contribution is 2.34. The molecule has 3 aromatic heterocycles. The summed E-state index contributed by atoms with van der Waals surface area (Å²) in [5.41, 5.74) is 3.86. The number of aryl methyl sites for hydroxylation is 2. The van der Waals surface area contributed by atoms with Crippen LogP contribution in [0.5, 0.6) is 23.1 Å². The number of rotatable bonds is 11. The van der Waals surface area contributed by atoms with Crippen LogP contribution < -0.4 is 19.6 Å². The second-order valence-corrected chi connectivity index (χ2v) is 10.1. The molecule has 0 saturated heterocycles. The average Bonchev–Trinajstić information content (AvgIpc) is 3.01. The zero-order valence-electron chi connectivity index (χ0n) is 25.1. The number of aromatic amines is 1. The number of ether oxygens (including phenoxy) is 4. The van der Waals surface area contributed by atoms with E-state index < -0.39 is 11.2 Å². The lowest BCUT2D eigenvalue weighted by atomic mass is 9.93. The van der Waals surface area contributed by atoms with Gasteiger partial charge in [-0.3, -0.25) is 14.6 Å². The molecule has 0 spiro atoms. The van der Waals surface area contributed by atoms with Crippen LogP contribution >= 0.6 is 0 Å². The molecule has 5 aromatic rings. The molecule has 0 aliphatic heterocycles. The highest BCUT2D eigenvalue weighted by molar-refractivity contribution is 5.99. The van der Waals surface area contributed by atoms with Crippen molar-refractivity contribution in [2.24, 2.45) is 0 Å². The third-order valence-corrected chi connectivity index (χ3v) is 7.19. The lowest BCUT2D eigenvalue weighted by Crippen LogP contribution is -2.24. The average molecular weight is 598 g/mol. The predicted molar refractivity (Wildman–Crippen MR) is 164 cm³/mol. The van der Waals surface area contributed by atoms with E-state index in [2.05, 4.69) is 15.0 Å².